The second kappa shape index (κ2) is 6.64. The Morgan fingerprint density at radius 2 is 2.05 bits per heavy atom. The molecule has 2 N–H and O–H groups in total. The quantitative estimate of drug-likeness (QED) is 0.825. The number of carboxylic acid groups (broad SMARTS) is 1. The molecule has 1 unspecified atom stereocenters. The summed E-state index contributed by atoms with van der Waals surface area (Å²) in [5.41, 5.74) is -0.761. The summed E-state index contributed by atoms with van der Waals surface area (Å²) in [5.74, 6) is -0.771. The molecule has 0 spiro atoms. The van der Waals surface area contributed by atoms with Gasteiger partial charge in [0.25, 0.3) is 0 Å². The minimum atomic E-state index is -0.771. The van der Waals surface area contributed by atoms with E-state index in [1.54, 1.807) is 4.90 Å². The van der Waals surface area contributed by atoms with Crippen molar-refractivity contribution in [2.45, 2.75) is 45.1 Å². The van der Waals surface area contributed by atoms with Crippen molar-refractivity contribution >= 4 is 12.0 Å². The first kappa shape index (κ1) is 16.1. The van der Waals surface area contributed by atoms with Gasteiger partial charge in [0.1, 0.15) is 0 Å². The Kier molecular flexibility index (Phi) is 5.08. The molecule has 2 aliphatic rings. The molecule has 0 radical (unpaired) electrons. The lowest BCUT2D eigenvalue weighted by atomic mass is 9.78. The van der Waals surface area contributed by atoms with Crippen LogP contribution in [0.25, 0.3) is 0 Å². The lowest BCUT2D eigenvalue weighted by molar-refractivity contribution is -0.152. The van der Waals surface area contributed by atoms with E-state index in [4.69, 9.17) is 0 Å². The molecule has 2 fully saturated rings. The third-order valence-electron chi connectivity index (χ3n) is 5.14. The number of hydrogen-bond acceptors (Lipinski definition) is 3. The molecule has 1 atom stereocenters. The molecule has 2 saturated heterocycles. The van der Waals surface area contributed by atoms with Crippen molar-refractivity contribution in [3.8, 4) is 0 Å². The Bertz CT molecular complexity index is 396. The highest BCUT2D eigenvalue weighted by molar-refractivity contribution is 5.79. The Balaban J connectivity index is 2.02. The molecule has 6 nitrogen and oxygen atoms in total. The fourth-order valence-corrected chi connectivity index (χ4v) is 3.48. The van der Waals surface area contributed by atoms with Gasteiger partial charge in [0, 0.05) is 26.2 Å². The predicted octanol–water partition coefficient (Wildman–Crippen LogP) is 1.37. The average Bonchev–Trinajstić information content (AvgIpc) is 2.54. The minimum absolute atomic E-state index is 0.0133. The highest BCUT2D eigenvalue weighted by atomic mass is 16.4. The van der Waals surface area contributed by atoms with E-state index in [9.17, 15) is 14.7 Å². The monoisotopic (exact) mass is 297 g/mol. The van der Waals surface area contributed by atoms with Crippen LogP contribution in [0.15, 0.2) is 0 Å². The molecular weight excluding hydrogens is 270 g/mol. The number of aliphatic carboxylic acids is 1. The second-order valence-corrected chi connectivity index (χ2v) is 6.34. The number of carbonyl (C=O) groups excluding carboxylic acids is 1. The van der Waals surface area contributed by atoms with E-state index in [-0.39, 0.29) is 12.1 Å². The van der Waals surface area contributed by atoms with Crippen LogP contribution in [-0.4, -0.2) is 66.2 Å². The van der Waals surface area contributed by atoms with E-state index in [1.807, 2.05) is 18.9 Å². The van der Waals surface area contributed by atoms with Crippen molar-refractivity contribution in [3.05, 3.63) is 0 Å². The topological polar surface area (TPSA) is 72.9 Å². The maximum absolute atomic E-state index is 12.7. The van der Waals surface area contributed by atoms with Crippen LogP contribution in [0, 0.1) is 5.41 Å². The van der Waals surface area contributed by atoms with Gasteiger partial charge in [-0.1, -0.05) is 6.92 Å². The molecule has 2 heterocycles. The number of rotatable bonds is 3. The van der Waals surface area contributed by atoms with Gasteiger partial charge in [-0.3, -0.25) is 4.79 Å². The Hall–Kier alpha value is -1.30. The van der Waals surface area contributed by atoms with Crippen LogP contribution in [0.1, 0.15) is 39.0 Å². The van der Waals surface area contributed by atoms with Gasteiger partial charge in [0.05, 0.1) is 5.41 Å². The van der Waals surface area contributed by atoms with Gasteiger partial charge in [0.2, 0.25) is 0 Å². The molecule has 0 aromatic rings. The maximum atomic E-state index is 12.7. The fraction of sp³-hybridized carbons (Fsp3) is 0.867. The van der Waals surface area contributed by atoms with Gasteiger partial charge in [-0.15, -0.1) is 0 Å². The normalized spacial score (nSPS) is 27.4. The van der Waals surface area contributed by atoms with Gasteiger partial charge in [0.15, 0.2) is 0 Å². The molecule has 2 rings (SSSR count). The number of piperidine rings is 2. The molecule has 2 aliphatic heterocycles. The van der Waals surface area contributed by atoms with E-state index >= 15 is 0 Å². The number of nitrogens with zero attached hydrogens (tertiary/aromatic N) is 2. The molecule has 0 saturated carbocycles. The summed E-state index contributed by atoms with van der Waals surface area (Å²) in [5, 5.41) is 12.8. The summed E-state index contributed by atoms with van der Waals surface area (Å²) in [4.78, 5) is 27.8. The molecule has 0 aromatic heterocycles. The Labute approximate surface area is 126 Å². The van der Waals surface area contributed by atoms with Crippen LogP contribution >= 0.6 is 0 Å². The molecule has 21 heavy (non-hydrogen) atoms. The minimum Gasteiger partial charge on any atom is -0.481 e. The zero-order chi connectivity index (χ0) is 15.5. The third-order valence-corrected chi connectivity index (χ3v) is 5.14. The lowest BCUT2D eigenvalue weighted by Gasteiger charge is -2.42. The first-order valence-electron chi connectivity index (χ1n) is 7.96. The molecule has 0 aliphatic carbocycles. The number of carboxylic acids is 1. The number of hydrogen-bond donors (Lipinski definition) is 2. The first-order valence-corrected chi connectivity index (χ1v) is 7.96. The van der Waals surface area contributed by atoms with Crippen molar-refractivity contribution in [1.82, 2.24) is 15.1 Å². The van der Waals surface area contributed by atoms with Crippen LogP contribution in [-0.2, 0) is 4.79 Å². The van der Waals surface area contributed by atoms with Crippen molar-refractivity contribution in [2.24, 2.45) is 5.41 Å². The van der Waals surface area contributed by atoms with Gasteiger partial charge < -0.3 is 20.2 Å². The number of amides is 2. The third kappa shape index (κ3) is 3.31. The SMILES string of the molecule is CCC1(C(=O)O)CCCN(C(=O)N(C)C2CCNCC2)C1. The Morgan fingerprint density at radius 3 is 2.62 bits per heavy atom. The molecular formula is C15H27N3O3. The van der Waals surface area contributed by atoms with Crippen LogP contribution in [0.3, 0.4) is 0 Å². The van der Waals surface area contributed by atoms with Crippen LogP contribution in [0.5, 0.6) is 0 Å². The summed E-state index contributed by atoms with van der Waals surface area (Å²) in [6.45, 7) is 4.79. The largest absolute Gasteiger partial charge is 0.481 e. The molecule has 120 valence electrons. The molecule has 6 heteroatoms. The highest BCUT2D eigenvalue weighted by Gasteiger charge is 2.43. The molecule has 2 amide bonds. The number of nitrogens with one attached hydrogen (secondary N) is 1. The standard InChI is InChI=1S/C15H27N3O3/c1-3-15(13(19)20)7-4-10-18(11-15)14(21)17(2)12-5-8-16-9-6-12/h12,16H,3-11H2,1-2H3,(H,19,20). The summed E-state index contributed by atoms with van der Waals surface area (Å²) in [6.07, 6.45) is 3.94. The Morgan fingerprint density at radius 1 is 1.38 bits per heavy atom. The van der Waals surface area contributed by atoms with Crippen LogP contribution in [0.4, 0.5) is 4.79 Å². The smallest absolute Gasteiger partial charge is 0.320 e. The van der Waals surface area contributed by atoms with E-state index in [0.717, 1.165) is 32.4 Å². The van der Waals surface area contributed by atoms with E-state index in [1.165, 1.54) is 0 Å². The number of urea groups is 1. The first-order chi connectivity index (χ1) is 10.00. The zero-order valence-electron chi connectivity index (χ0n) is 13.1. The highest BCUT2D eigenvalue weighted by Crippen LogP contribution is 2.34. The summed E-state index contributed by atoms with van der Waals surface area (Å²) < 4.78 is 0. The van der Waals surface area contributed by atoms with Gasteiger partial charge in [-0.25, -0.2) is 4.79 Å². The predicted molar refractivity (Wildman–Crippen MR) is 80.2 cm³/mol. The van der Waals surface area contributed by atoms with Crippen molar-refractivity contribution < 1.29 is 14.7 Å². The van der Waals surface area contributed by atoms with Gasteiger partial charge in [-0.05, 0) is 45.2 Å². The van der Waals surface area contributed by atoms with E-state index < -0.39 is 11.4 Å². The van der Waals surface area contributed by atoms with E-state index in [2.05, 4.69) is 5.32 Å². The fourth-order valence-electron chi connectivity index (χ4n) is 3.48. The van der Waals surface area contributed by atoms with Crippen LogP contribution < -0.4 is 5.32 Å². The summed E-state index contributed by atoms with van der Waals surface area (Å²) in [6, 6.07) is 0.252. The summed E-state index contributed by atoms with van der Waals surface area (Å²) >= 11 is 0. The van der Waals surface area contributed by atoms with E-state index in [0.29, 0.717) is 25.9 Å². The van der Waals surface area contributed by atoms with Crippen molar-refractivity contribution in [1.29, 1.82) is 0 Å². The maximum Gasteiger partial charge on any atom is 0.320 e. The molecule has 0 aromatic carbocycles. The molecule has 0 bridgehead atoms. The van der Waals surface area contributed by atoms with Gasteiger partial charge in [-0.2, -0.15) is 0 Å². The second-order valence-electron chi connectivity index (χ2n) is 6.34. The van der Waals surface area contributed by atoms with Crippen LogP contribution in [0.2, 0.25) is 0 Å². The zero-order valence-corrected chi connectivity index (χ0v) is 13.1. The average molecular weight is 297 g/mol. The van der Waals surface area contributed by atoms with Crippen molar-refractivity contribution in [3.63, 3.8) is 0 Å². The summed E-state index contributed by atoms with van der Waals surface area (Å²) in [7, 11) is 1.85. The van der Waals surface area contributed by atoms with Crippen molar-refractivity contribution in [2.75, 3.05) is 33.2 Å². The van der Waals surface area contributed by atoms with Gasteiger partial charge >= 0.3 is 12.0 Å². The lowest BCUT2D eigenvalue weighted by Crippen LogP contribution is -2.55. The number of likely N-dealkylation sites (tertiary alicyclic amines) is 1. The number of carbonyl (C=O) groups is 2.